The first-order chi connectivity index (χ1) is 10.5. The van der Waals surface area contributed by atoms with Gasteiger partial charge in [0.2, 0.25) is 0 Å². The topological polar surface area (TPSA) is 32.3 Å². The fraction of sp³-hybridized carbons (Fsp3) is 0.947. The highest BCUT2D eigenvalue weighted by molar-refractivity contribution is 5.80. The van der Waals surface area contributed by atoms with E-state index in [1.807, 2.05) is 6.92 Å². The summed E-state index contributed by atoms with van der Waals surface area (Å²) < 4.78 is 0. The summed E-state index contributed by atoms with van der Waals surface area (Å²) in [6.07, 6.45) is 9.62. The Morgan fingerprint density at radius 1 is 1.18 bits per heavy atom. The van der Waals surface area contributed by atoms with Crippen molar-refractivity contribution in [2.24, 2.45) is 11.3 Å². The van der Waals surface area contributed by atoms with Gasteiger partial charge in [-0.15, -0.1) is 0 Å². The second-order valence-corrected chi connectivity index (χ2v) is 7.90. The maximum atomic E-state index is 11.9. The maximum absolute atomic E-state index is 11.9. The monoisotopic (exact) mass is 308 g/mol. The van der Waals surface area contributed by atoms with Crippen LogP contribution in [0.25, 0.3) is 0 Å². The van der Waals surface area contributed by atoms with Gasteiger partial charge in [0.15, 0.2) is 0 Å². The molecule has 0 atom stereocenters. The lowest BCUT2D eigenvalue weighted by Crippen LogP contribution is -2.43. The molecule has 3 nitrogen and oxygen atoms in total. The van der Waals surface area contributed by atoms with Crippen LogP contribution < -0.4 is 5.32 Å². The Morgan fingerprint density at radius 3 is 2.36 bits per heavy atom. The van der Waals surface area contributed by atoms with Crippen LogP contribution in [0.3, 0.4) is 0 Å². The van der Waals surface area contributed by atoms with Crippen molar-refractivity contribution in [2.75, 3.05) is 26.2 Å². The fourth-order valence-electron chi connectivity index (χ4n) is 4.29. The standard InChI is InChI=1S/C19H36N2O/c1-4-18(22)17-6-8-19(9-7-17)10-14-21(15-11-19)13-5-12-20-16(2)3/h16-17,20H,4-15H2,1-3H3. The van der Waals surface area contributed by atoms with Crippen LogP contribution in [0.4, 0.5) is 0 Å². The fourth-order valence-corrected chi connectivity index (χ4v) is 4.29. The number of Topliss-reactive ketones (excluding diaryl/α,β-unsaturated/α-hetero) is 1. The summed E-state index contributed by atoms with van der Waals surface area (Å²) in [4.78, 5) is 14.5. The number of nitrogens with zero attached hydrogens (tertiary/aromatic N) is 1. The van der Waals surface area contributed by atoms with Crippen LogP contribution in [0.1, 0.15) is 72.1 Å². The van der Waals surface area contributed by atoms with E-state index in [1.54, 1.807) is 0 Å². The van der Waals surface area contributed by atoms with Crippen LogP contribution in [0.5, 0.6) is 0 Å². The van der Waals surface area contributed by atoms with Gasteiger partial charge in [-0.05, 0) is 76.5 Å². The van der Waals surface area contributed by atoms with Gasteiger partial charge in [-0.3, -0.25) is 4.79 Å². The van der Waals surface area contributed by atoms with Crippen molar-refractivity contribution in [1.29, 1.82) is 0 Å². The van der Waals surface area contributed by atoms with Gasteiger partial charge in [-0.1, -0.05) is 20.8 Å². The predicted octanol–water partition coefficient (Wildman–Crippen LogP) is 3.63. The van der Waals surface area contributed by atoms with Crippen LogP contribution in [0, 0.1) is 11.3 Å². The van der Waals surface area contributed by atoms with E-state index in [1.165, 1.54) is 51.7 Å². The number of nitrogens with one attached hydrogen (secondary N) is 1. The third kappa shape index (κ3) is 5.06. The third-order valence-electron chi connectivity index (χ3n) is 5.97. The number of hydrogen-bond donors (Lipinski definition) is 1. The number of carbonyl (C=O) groups excluding carboxylic acids is 1. The van der Waals surface area contributed by atoms with Gasteiger partial charge in [0, 0.05) is 18.4 Å². The third-order valence-corrected chi connectivity index (χ3v) is 5.97. The molecular formula is C19H36N2O. The van der Waals surface area contributed by atoms with Crippen LogP contribution in [-0.2, 0) is 4.79 Å². The molecule has 1 N–H and O–H groups in total. The van der Waals surface area contributed by atoms with Gasteiger partial charge < -0.3 is 10.2 Å². The predicted molar refractivity (Wildman–Crippen MR) is 93.1 cm³/mol. The summed E-state index contributed by atoms with van der Waals surface area (Å²) >= 11 is 0. The number of likely N-dealkylation sites (tertiary alicyclic amines) is 1. The van der Waals surface area contributed by atoms with Gasteiger partial charge in [0.25, 0.3) is 0 Å². The van der Waals surface area contributed by atoms with Crippen LogP contribution in [0.2, 0.25) is 0 Å². The van der Waals surface area contributed by atoms with E-state index in [-0.39, 0.29) is 0 Å². The Morgan fingerprint density at radius 2 is 1.82 bits per heavy atom. The van der Waals surface area contributed by atoms with Crippen LogP contribution >= 0.6 is 0 Å². The van der Waals surface area contributed by atoms with Crippen molar-refractivity contribution >= 4 is 5.78 Å². The van der Waals surface area contributed by atoms with Crippen molar-refractivity contribution in [3.8, 4) is 0 Å². The molecule has 0 bridgehead atoms. The van der Waals surface area contributed by atoms with Gasteiger partial charge >= 0.3 is 0 Å². The molecule has 2 rings (SSSR count). The minimum atomic E-state index is 0.385. The summed E-state index contributed by atoms with van der Waals surface area (Å²) in [6.45, 7) is 11.4. The van der Waals surface area contributed by atoms with Gasteiger partial charge in [-0.25, -0.2) is 0 Å². The van der Waals surface area contributed by atoms with E-state index >= 15 is 0 Å². The molecule has 1 heterocycles. The summed E-state index contributed by atoms with van der Waals surface area (Å²) in [5.74, 6) is 0.890. The minimum absolute atomic E-state index is 0.385. The van der Waals surface area contributed by atoms with Crippen molar-refractivity contribution in [1.82, 2.24) is 10.2 Å². The van der Waals surface area contributed by atoms with Crippen LogP contribution in [0.15, 0.2) is 0 Å². The second-order valence-electron chi connectivity index (χ2n) is 7.90. The average molecular weight is 309 g/mol. The molecule has 1 saturated carbocycles. The second kappa shape index (κ2) is 8.44. The first-order valence-corrected chi connectivity index (χ1v) is 9.53. The van der Waals surface area contributed by atoms with Gasteiger partial charge in [0.1, 0.15) is 5.78 Å². The number of hydrogen-bond acceptors (Lipinski definition) is 3. The Hall–Kier alpha value is -0.410. The lowest BCUT2D eigenvalue weighted by Gasteiger charge is -2.46. The van der Waals surface area contributed by atoms with Gasteiger partial charge in [0.05, 0.1) is 0 Å². The summed E-state index contributed by atoms with van der Waals surface area (Å²) in [5.41, 5.74) is 0.581. The van der Waals surface area contributed by atoms with E-state index in [0.717, 1.165) is 25.8 Å². The first-order valence-electron chi connectivity index (χ1n) is 9.53. The molecule has 22 heavy (non-hydrogen) atoms. The minimum Gasteiger partial charge on any atom is -0.314 e. The van der Waals surface area contributed by atoms with Crippen molar-refractivity contribution in [3.05, 3.63) is 0 Å². The van der Waals surface area contributed by atoms with E-state index < -0.39 is 0 Å². The molecule has 2 aliphatic rings. The zero-order valence-electron chi connectivity index (χ0n) is 15.0. The van der Waals surface area contributed by atoms with Crippen LogP contribution in [-0.4, -0.2) is 42.9 Å². The molecule has 0 unspecified atom stereocenters. The van der Waals surface area contributed by atoms with Crippen molar-refractivity contribution in [2.45, 2.75) is 78.2 Å². The molecule has 1 saturated heterocycles. The van der Waals surface area contributed by atoms with E-state index in [2.05, 4.69) is 24.1 Å². The Bertz CT molecular complexity index is 335. The van der Waals surface area contributed by atoms with E-state index in [0.29, 0.717) is 23.2 Å². The number of piperidine rings is 1. The molecule has 1 spiro atoms. The first kappa shape index (κ1) is 17.9. The molecule has 2 fully saturated rings. The van der Waals surface area contributed by atoms with E-state index in [9.17, 15) is 4.79 Å². The molecule has 0 aromatic heterocycles. The highest BCUT2D eigenvalue weighted by Gasteiger charge is 2.38. The zero-order chi connectivity index (χ0) is 16.0. The molecule has 0 amide bonds. The highest BCUT2D eigenvalue weighted by Crippen LogP contribution is 2.46. The number of carbonyl (C=O) groups is 1. The molecular weight excluding hydrogens is 272 g/mol. The van der Waals surface area contributed by atoms with Gasteiger partial charge in [-0.2, -0.15) is 0 Å². The largest absolute Gasteiger partial charge is 0.314 e. The van der Waals surface area contributed by atoms with Crippen molar-refractivity contribution < 1.29 is 4.79 Å². The van der Waals surface area contributed by atoms with E-state index in [4.69, 9.17) is 0 Å². The molecule has 0 radical (unpaired) electrons. The summed E-state index contributed by atoms with van der Waals surface area (Å²) in [7, 11) is 0. The molecule has 0 aromatic carbocycles. The molecule has 1 aliphatic heterocycles. The molecule has 1 aliphatic carbocycles. The summed E-state index contributed by atoms with van der Waals surface area (Å²) in [6, 6.07) is 0.602. The Labute approximate surface area is 137 Å². The highest BCUT2D eigenvalue weighted by atomic mass is 16.1. The zero-order valence-corrected chi connectivity index (χ0v) is 15.0. The maximum Gasteiger partial charge on any atom is 0.135 e. The normalized spacial score (nSPS) is 23.3. The summed E-state index contributed by atoms with van der Waals surface area (Å²) in [5, 5.41) is 3.50. The Balaban J connectivity index is 1.66. The lowest BCUT2D eigenvalue weighted by atomic mass is 9.65. The smallest absolute Gasteiger partial charge is 0.135 e. The number of rotatable bonds is 7. The average Bonchev–Trinajstić information content (AvgIpc) is 2.53. The Kier molecular flexibility index (Phi) is 6.88. The molecule has 0 aromatic rings. The quantitative estimate of drug-likeness (QED) is 0.729. The van der Waals surface area contributed by atoms with Crippen molar-refractivity contribution in [3.63, 3.8) is 0 Å². The SMILES string of the molecule is CCC(=O)C1CCC2(CC1)CCN(CCCNC(C)C)CC2. The molecule has 128 valence electrons. The number of ketones is 1. The lowest BCUT2D eigenvalue weighted by molar-refractivity contribution is -0.124. The molecule has 3 heteroatoms.